The second-order valence-corrected chi connectivity index (χ2v) is 6.95. The van der Waals surface area contributed by atoms with Crippen molar-refractivity contribution >= 4 is 0 Å². The monoisotopic (exact) mass is 348 g/mol. The zero-order valence-corrected chi connectivity index (χ0v) is 14.0. The summed E-state index contributed by atoms with van der Waals surface area (Å²) < 4.78 is 52.5. The molecule has 1 saturated heterocycles. The van der Waals surface area contributed by atoms with Gasteiger partial charge in [-0.3, -0.25) is 4.90 Å². The number of aliphatic hydroxyl groups is 1. The van der Waals surface area contributed by atoms with E-state index in [1.165, 1.54) is 12.1 Å². The minimum Gasteiger partial charge on any atom is -0.396 e. The molecule has 0 unspecified atom stereocenters. The van der Waals surface area contributed by atoms with E-state index in [2.05, 4.69) is 0 Å². The van der Waals surface area contributed by atoms with E-state index in [1.807, 2.05) is 23.9 Å². The van der Waals surface area contributed by atoms with Crippen LogP contribution < -0.4 is 0 Å². The quantitative estimate of drug-likeness (QED) is 0.829. The lowest BCUT2D eigenvalue weighted by Gasteiger charge is -2.42. The molecule has 1 aliphatic rings. The standard InChI is InChI=1S/C17H24F4N2O/c1-22(2)11-16(12-24)6-8-23(9-7-16)10-13-4-3-5-14(15(13)18)17(19,20)21/h3-5,24H,6-12H2,1-2H3. The molecule has 0 aromatic heterocycles. The van der Waals surface area contributed by atoms with Gasteiger partial charge in [0.25, 0.3) is 0 Å². The number of piperidine rings is 1. The predicted octanol–water partition coefficient (Wildman–Crippen LogP) is 2.98. The van der Waals surface area contributed by atoms with Crippen LogP contribution >= 0.6 is 0 Å². The molecule has 0 spiro atoms. The van der Waals surface area contributed by atoms with E-state index in [0.29, 0.717) is 13.1 Å². The molecule has 7 heteroatoms. The predicted molar refractivity (Wildman–Crippen MR) is 84.0 cm³/mol. The van der Waals surface area contributed by atoms with E-state index in [-0.39, 0.29) is 24.1 Å². The molecule has 0 aliphatic carbocycles. The van der Waals surface area contributed by atoms with E-state index in [4.69, 9.17) is 0 Å². The van der Waals surface area contributed by atoms with Crippen LogP contribution in [0.4, 0.5) is 17.6 Å². The Morgan fingerprint density at radius 1 is 1.21 bits per heavy atom. The van der Waals surface area contributed by atoms with Gasteiger partial charge >= 0.3 is 6.18 Å². The lowest BCUT2D eigenvalue weighted by atomic mass is 9.78. The summed E-state index contributed by atoms with van der Waals surface area (Å²) >= 11 is 0. The highest BCUT2D eigenvalue weighted by Crippen LogP contribution is 2.34. The van der Waals surface area contributed by atoms with Crippen molar-refractivity contribution < 1.29 is 22.7 Å². The second kappa shape index (κ2) is 7.37. The molecule has 1 aliphatic heterocycles. The summed E-state index contributed by atoms with van der Waals surface area (Å²) in [6.45, 7) is 2.25. The Kier molecular flexibility index (Phi) is 5.88. The van der Waals surface area contributed by atoms with Gasteiger partial charge in [0.2, 0.25) is 0 Å². The maximum absolute atomic E-state index is 14.1. The number of alkyl halides is 3. The zero-order chi connectivity index (χ0) is 18.0. The number of benzene rings is 1. The average Bonchev–Trinajstić information content (AvgIpc) is 2.49. The Labute approximate surface area is 139 Å². The first-order valence-electron chi connectivity index (χ1n) is 7.99. The molecule has 0 bridgehead atoms. The van der Waals surface area contributed by atoms with Gasteiger partial charge in [-0.1, -0.05) is 12.1 Å². The van der Waals surface area contributed by atoms with Crippen LogP contribution in [-0.2, 0) is 12.7 Å². The van der Waals surface area contributed by atoms with Gasteiger partial charge in [0.1, 0.15) is 5.82 Å². The van der Waals surface area contributed by atoms with Crippen LogP contribution in [0.15, 0.2) is 18.2 Å². The molecule has 2 rings (SSSR count). The van der Waals surface area contributed by atoms with Crippen LogP contribution in [-0.4, -0.2) is 55.2 Å². The number of halogens is 4. The summed E-state index contributed by atoms with van der Waals surface area (Å²) in [5, 5.41) is 9.71. The Morgan fingerprint density at radius 2 is 1.83 bits per heavy atom. The normalized spacial score (nSPS) is 19.0. The van der Waals surface area contributed by atoms with Gasteiger partial charge in [0.05, 0.1) is 12.2 Å². The molecule has 0 radical (unpaired) electrons. The first-order valence-corrected chi connectivity index (χ1v) is 7.99. The number of aliphatic hydroxyl groups excluding tert-OH is 1. The second-order valence-electron chi connectivity index (χ2n) is 6.95. The number of nitrogens with zero attached hydrogens (tertiary/aromatic N) is 2. The van der Waals surface area contributed by atoms with Crippen LogP contribution in [0, 0.1) is 11.2 Å². The summed E-state index contributed by atoms with van der Waals surface area (Å²) in [4.78, 5) is 3.97. The molecule has 136 valence electrons. The number of hydrogen-bond acceptors (Lipinski definition) is 3. The Balaban J connectivity index is 2.04. The lowest BCUT2D eigenvalue weighted by Crippen LogP contribution is -2.46. The largest absolute Gasteiger partial charge is 0.419 e. The van der Waals surface area contributed by atoms with Gasteiger partial charge in [-0.15, -0.1) is 0 Å². The first-order chi connectivity index (χ1) is 11.2. The third kappa shape index (κ3) is 4.46. The van der Waals surface area contributed by atoms with Crippen molar-refractivity contribution in [3.63, 3.8) is 0 Å². The number of likely N-dealkylation sites (tertiary alicyclic amines) is 1. The van der Waals surface area contributed by atoms with Gasteiger partial charge in [0.15, 0.2) is 0 Å². The fraction of sp³-hybridized carbons (Fsp3) is 0.647. The SMILES string of the molecule is CN(C)CC1(CO)CCN(Cc2cccc(C(F)(F)F)c2F)CC1. The smallest absolute Gasteiger partial charge is 0.396 e. The molecule has 0 amide bonds. The van der Waals surface area contributed by atoms with Crippen LogP contribution in [0.3, 0.4) is 0 Å². The van der Waals surface area contributed by atoms with Crippen LogP contribution in [0.1, 0.15) is 24.0 Å². The maximum Gasteiger partial charge on any atom is 0.419 e. The van der Waals surface area contributed by atoms with Crippen molar-refractivity contribution in [2.24, 2.45) is 5.41 Å². The Morgan fingerprint density at radius 3 is 2.33 bits per heavy atom. The molecule has 0 saturated carbocycles. The topological polar surface area (TPSA) is 26.7 Å². The molecule has 1 N–H and O–H groups in total. The molecule has 1 aromatic carbocycles. The third-order valence-electron chi connectivity index (χ3n) is 4.68. The molecule has 0 atom stereocenters. The molecule has 1 fully saturated rings. The molecule has 24 heavy (non-hydrogen) atoms. The van der Waals surface area contributed by atoms with Gasteiger partial charge in [-0.25, -0.2) is 4.39 Å². The van der Waals surface area contributed by atoms with Crippen molar-refractivity contribution in [1.82, 2.24) is 9.80 Å². The van der Waals surface area contributed by atoms with Crippen molar-refractivity contribution in [1.29, 1.82) is 0 Å². The van der Waals surface area contributed by atoms with E-state index in [9.17, 15) is 22.7 Å². The fourth-order valence-corrected chi connectivity index (χ4v) is 3.38. The highest BCUT2D eigenvalue weighted by atomic mass is 19.4. The Hall–Kier alpha value is -1.18. The number of rotatable bonds is 5. The van der Waals surface area contributed by atoms with Crippen molar-refractivity contribution in [3.05, 3.63) is 35.1 Å². The minimum atomic E-state index is -4.68. The Bertz CT molecular complexity index is 552. The molecular formula is C17H24F4N2O. The van der Waals surface area contributed by atoms with Crippen LogP contribution in [0.25, 0.3) is 0 Å². The van der Waals surface area contributed by atoms with Gasteiger partial charge < -0.3 is 10.0 Å². The maximum atomic E-state index is 14.1. The number of hydrogen-bond donors (Lipinski definition) is 1. The average molecular weight is 348 g/mol. The van der Waals surface area contributed by atoms with Crippen molar-refractivity contribution in [2.45, 2.75) is 25.6 Å². The highest BCUT2D eigenvalue weighted by molar-refractivity contribution is 5.28. The highest BCUT2D eigenvalue weighted by Gasteiger charge is 2.36. The minimum absolute atomic E-state index is 0.0638. The summed E-state index contributed by atoms with van der Waals surface area (Å²) in [7, 11) is 3.89. The van der Waals surface area contributed by atoms with E-state index in [0.717, 1.165) is 25.5 Å². The van der Waals surface area contributed by atoms with Gasteiger partial charge in [0, 0.05) is 24.1 Å². The van der Waals surface area contributed by atoms with Crippen molar-refractivity contribution in [2.75, 3.05) is 40.3 Å². The zero-order valence-electron chi connectivity index (χ0n) is 14.0. The molecule has 3 nitrogen and oxygen atoms in total. The van der Waals surface area contributed by atoms with Gasteiger partial charge in [-0.05, 0) is 46.1 Å². The molecule has 1 aromatic rings. The fourth-order valence-electron chi connectivity index (χ4n) is 3.38. The third-order valence-corrected chi connectivity index (χ3v) is 4.68. The van der Waals surface area contributed by atoms with Crippen molar-refractivity contribution in [3.8, 4) is 0 Å². The molecular weight excluding hydrogens is 324 g/mol. The van der Waals surface area contributed by atoms with Crippen LogP contribution in [0.5, 0.6) is 0 Å². The lowest BCUT2D eigenvalue weighted by molar-refractivity contribution is -0.140. The summed E-state index contributed by atoms with van der Waals surface area (Å²) in [6, 6.07) is 3.41. The van der Waals surface area contributed by atoms with E-state index < -0.39 is 17.6 Å². The van der Waals surface area contributed by atoms with E-state index in [1.54, 1.807) is 0 Å². The first kappa shape index (κ1) is 19.1. The summed E-state index contributed by atoms with van der Waals surface area (Å²) in [5.41, 5.74) is -1.34. The van der Waals surface area contributed by atoms with Crippen LogP contribution in [0.2, 0.25) is 0 Å². The summed E-state index contributed by atoms with van der Waals surface area (Å²) in [5.74, 6) is -1.18. The van der Waals surface area contributed by atoms with E-state index >= 15 is 0 Å². The molecule has 1 heterocycles. The van der Waals surface area contributed by atoms with Gasteiger partial charge in [-0.2, -0.15) is 13.2 Å². The summed E-state index contributed by atoms with van der Waals surface area (Å²) in [6.07, 6.45) is -3.20.